The van der Waals surface area contributed by atoms with E-state index in [0.717, 1.165) is 49.5 Å². The molecular weight excluding hydrogens is 713 g/mol. The van der Waals surface area contributed by atoms with Gasteiger partial charge in [-0.05, 0) is 67.2 Å². The lowest BCUT2D eigenvalue weighted by Crippen LogP contribution is -2.38. The van der Waals surface area contributed by atoms with Gasteiger partial charge >= 0.3 is 11.9 Å². The first-order chi connectivity index (χ1) is 24.8. The molecule has 2 aromatic carbocycles. The molecule has 1 saturated heterocycles. The predicted octanol–water partition coefficient (Wildman–Crippen LogP) is 6.76. The van der Waals surface area contributed by atoms with E-state index in [4.69, 9.17) is 46.9 Å². The van der Waals surface area contributed by atoms with Crippen LogP contribution in [0.25, 0.3) is 0 Å². The number of nitrogens with zero attached hydrogens (tertiary/aromatic N) is 1. The number of hydrogen-bond donors (Lipinski definition) is 1. The van der Waals surface area contributed by atoms with Crippen molar-refractivity contribution in [3.05, 3.63) is 110 Å². The number of carbonyl (C=O) groups is 2. The van der Waals surface area contributed by atoms with E-state index in [2.05, 4.69) is 15.2 Å². The van der Waals surface area contributed by atoms with E-state index >= 15 is 0 Å². The fourth-order valence-corrected chi connectivity index (χ4v) is 7.35. The number of halogens is 2. The number of benzene rings is 2. The van der Waals surface area contributed by atoms with Gasteiger partial charge in [-0.3, -0.25) is 5.32 Å². The van der Waals surface area contributed by atoms with E-state index < -0.39 is 18.1 Å². The molecule has 5 rings (SSSR count). The molecule has 3 heterocycles. The SMILES string of the molecule is COCCN1CCC(COC(=O)C(NCc2ccc(C(=O)O[C@@H](Cc3c(Cl)c[nH+]cc3Cl)c3ccc(OC)c(OC)c3)s2)c2ccccc2)CC1. The van der Waals surface area contributed by atoms with E-state index in [1.165, 1.54) is 11.3 Å². The topological polar surface area (TPSA) is 110 Å². The summed E-state index contributed by atoms with van der Waals surface area (Å²) in [5.74, 6) is 0.531. The second-order valence-corrected chi connectivity index (χ2v) is 14.2. The van der Waals surface area contributed by atoms with Crippen LogP contribution in [0.2, 0.25) is 10.0 Å². The molecule has 2 N–H and O–H groups in total. The minimum absolute atomic E-state index is 0.223. The average Bonchev–Trinajstić information content (AvgIpc) is 3.64. The highest BCUT2D eigenvalue weighted by Gasteiger charge is 2.27. The number of hydrogen-bond acceptors (Lipinski definition) is 10. The summed E-state index contributed by atoms with van der Waals surface area (Å²) < 4.78 is 28.1. The molecule has 2 aromatic heterocycles. The molecule has 51 heavy (non-hydrogen) atoms. The highest BCUT2D eigenvalue weighted by Crippen LogP contribution is 2.36. The zero-order valence-corrected chi connectivity index (χ0v) is 31.3. The van der Waals surface area contributed by atoms with Crippen molar-refractivity contribution >= 4 is 46.5 Å². The summed E-state index contributed by atoms with van der Waals surface area (Å²) in [4.78, 5) is 33.6. The first-order valence-electron chi connectivity index (χ1n) is 16.8. The Kier molecular flexibility index (Phi) is 14.5. The molecule has 4 aromatic rings. The molecule has 1 aliphatic rings. The molecule has 1 unspecified atom stereocenters. The van der Waals surface area contributed by atoms with Gasteiger partial charge in [0, 0.05) is 37.1 Å². The van der Waals surface area contributed by atoms with Crippen LogP contribution in [-0.2, 0) is 32.0 Å². The third-order valence-electron chi connectivity index (χ3n) is 8.91. The molecule has 1 fully saturated rings. The third-order valence-corrected chi connectivity index (χ3v) is 10.6. The number of rotatable bonds is 17. The minimum Gasteiger partial charge on any atom is -0.493 e. The summed E-state index contributed by atoms with van der Waals surface area (Å²) >= 11 is 14.3. The lowest BCUT2D eigenvalue weighted by atomic mass is 9.98. The van der Waals surface area contributed by atoms with Gasteiger partial charge in [-0.2, -0.15) is 0 Å². The largest absolute Gasteiger partial charge is 0.493 e. The van der Waals surface area contributed by atoms with Crippen molar-refractivity contribution in [2.75, 3.05) is 54.2 Å². The summed E-state index contributed by atoms with van der Waals surface area (Å²) in [6, 6.07) is 17.8. The first kappa shape index (κ1) is 38.5. The first-order valence-corrected chi connectivity index (χ1v) is 18.4. The highest BCUT2D eigenvalue weighted by atomic mass is 35.5. The van der Waals surface area contributed by atoms with Crippen LogP contribution < -0.4 is 19.8 Å². The van der Waals surface area contributed by atoms with Crippen LogP contribution in [0.15, 0.2) is 73.1 Å². The Morgan fingerprint density at radius 1 is 0.941 bits per heavy atom. The maximum Gasteiger partial charge on any atom is 0.348 e. The lowest BCUT2D eigenvalue weighted by Gasteiger charge is -2.31. The molecule has 0 saturated carbocycles. The second-order valence-electron chi connectivity index (χ2n) is 12.2. The van der Waals surface area contributed by atoms with Gasteiger partial charge in [0.15, 0.2) is 23.9 Å². The molecule has 0 bridgehead atoms. The Bertz CT molecular complexity index is 1710. The number of piperidine rings is 1. The van der Waals surface area contributed by atoms with Gasteiger partial charge in [0.05, 0.1) is 27.4 Å². The number of likely N-dealkylation sites (tertiary alicyclic amines) is 1. The van der Waals surface area contributed by atoms with E-state index in [9.17, 15) is 9.59 Å². The number of aromatic amines is 1. The number of thiophene rings is 1. The van der Waals surface area contributed by atoms with Gasteiger partial charge in [0.2, 0.25) is 0 Å². The fourth-order valence-electron chi connectivity index (χ4n) is 5.97. The lowest BCUT2D eigenvalue weighted by molar-refractivity contribution is -0.377. The fraction of sp³-hybridized carbons (Fsp3) is 0.395. The smallest absolute Gasteiger partial charge is 0.348 e. The van der Waals surface area contributed by atoms with Crippen molar-refractivity contribution in [2.45, 2.75) is 38.0 Å². The Labute approximate surface area is 312 Å². The molecule has 0 spiro atoms. The van der Waals surface area contributed by atoms with Crippen molar-refractivity contribution in [3.63, 3.8) is 0 Å². The minimum atomic E-state index is -0.742. The van der Waals surface area contributed by atoms with Crippen LogP contribution in [0.4, 0.5) is 0 Å². The number of H-pyrrole nitrogens is 1. The monoisotopic (exact) mass is 756 g/mol. The molecule has 0 aliphatic carbocycles. The van der Waals surface area contributed by atoms with Gasteiger partial charge in [-0.1, -0.05) is 59.6 Å². The summed E-state index contributed by atoms with van der Waals surface area (Å²) in [5, 5.41) is 4.20. The maximum absolute atomic E-state index is 13.6. The second kappa shape index (κ2) is 19.2. The van der Waals surface area contributed by atoms with E-state index in [0.29, 0.717) is 56.6 Å². The standard InChI is InChI=1S/C38H43Cl2N3O7S/c1-46-18-17-43-15-13-25(14-16-43)24-49-38(45)36(26-7-5-4-6-8-26)42-21-28-10-12-35(51-28)37(44)50-33(20-29-30(39)22-41-23-31(29)40)27-9-11-32(47-2)34(19-27)48-3/h4-12,19,22-23,25,33,36,42H,13-18,20-21,24H2,1-3H3/p+1/t33-,36?/m0/s1. The van der Waals surface area contributed by atoms with Crippen LogP contribution in [-0.4, -0.2) is 71.0 Å². The van der Waals surface area contributed by atoms with Crippen molar-refractivity contribution in [1.29, 1.82) is 0 Å². The molecule has 272 valence electrons. The summed E-state index contributed by atoms with van der Waals surface area (Å²) in [7, 11) is 4.81. The number of ether oxygens (including phenoxy) is 5. The number of pyridine rings is 1. The highest BCUT2D eigenvalue weighted by molar-refractivity contribution is 7.13. The Morgan fingerprint density at radius 3 is 2.35 bits per heavy atom. The summed E-state index contributed by atoms with van der Waals surface area (Å²) in [6.45, 7) is 4.30. The number of aromatic nitrogens is 1. The van der Waals surface area contributed by atoms with Crippen LogP contribution in [0.3, 0.4) is 0 Å². The van der Waals surface area contributed by atoms with Gasteiger partial charge in [0.1, 0.15) is 27.1 Å². The molecule has 13 heteroatoms. The quantitative estimate of drug-likeness (QED) is 0.117. The predicted molar refractivity (Wildman–Crippen MR) is 197 cm³/mol. The summed E-state index contributed by atoms with van der Waals surface area (Å²) in [5.41, 5.74) is 2.12. The zero-order chi connectivity index (χ0) is 36.2. The van der Waals surface area contributed by atoms with Gasteiger partial charge in [-0.15, -0.1) is 11.3 Å². The number of esters is 2. The molecule has 0 radical (unpaired) electrons. The normalized spacial score (nSPS) is 14.8. The Morgan fingerprint density at radius 2 is 1.67 bits per heavy atom. The van der Waals surface area contributed by atoms with Crippen molar-refractivity contribution in [2.24, 2.45) is 5.92 Å². The van der Waals surface area contributed by atoms with Gasteiger partial charge in [-0.25, -0.2) is 14.6 Å². The van der Waals surface area contributed by atoms with E-state index in [-0.39, 0.29) is 12.4 Å². The molecule has 10 nitrogen and oxygen atoms in total. The van der Waals surface area contributed by atoms with Crippen molar-refractivity contribution < 1.29 is 38.3 Å². The van der Waals surface area contributed by atoms with Gasteiger partial charge < -0.3 is 28.6 Å². The average molecular weight is 758 g/mol. The third kappa shape index (κ3) is 10.7. The van der Waals surface area contributed by atoms with Crippen molar-refractivity contribution in [3.8, 4) is 11.5 Å². The summed E-state index contributed by atoms with van der Waals surface area (Å²) in [6.07, 6.45) is 4.69. The van der Waals surface area contributed by atoms with Crippen LogP contribution in [0, 0.1) is 5.92 Å². The molecule has 2 atom stereocenters. The number of nitrogens with one attached hydrogen (secondary N) is 2. The zero-order valence-electron chi connectivity index (χ0n) is 29.0. The van der Waals surface area contributed by atoms with Gasteiger partial charge in [0.25, 0.3) is 0 Å². The molecular formula is C38H44Cl2N3O7S+. The number of carbonyl (C=O) groups excluding carboxylic acids is 2. The van der Waals surface area contributed by atoms with Crippen LogP contribution in [0.5, 0.6) is 11.5 Å². The number of methoxy groups -OCH3 is 3. The van der Waals surface area contributed by atoms with Crippen LogP contribution >= 0.6 is 34.5 Å². The van der Waals surface area contributed by atoms with E-state index in [1.54, 1.807) is 51.9 Å². The van der Waals surface area contributed by atoms with Crippen LogP contribution in [0.1, 0.15) is 56.2 Å². The van der Waals surface area contributed by atoms with Crippen molar-refractivity contribution in [1.82, 2.24) is 10.2 Å². The van der Waals surface area contributed by atoms with E-state index in [1.807, 2.05) is 42.5 Å². The maximum atomic E-state index is 13.6. The Balaban J connectivity index is 1.25. The molecule has 1 aliphatic heterocycles. The molecule has 0 amide bonds. The Hall–Kier alpha value is -3.71.